The minimum absolute atomic E-state index is 0.0160. The number of aliphatic hydroxyl groups is 2. The summed E-state index contributed by atoms with van der Waals surface area (Å²) in [4.78, 5) is 12.8. The first-order chi connectivity index (χ1) is 13.1. The van der Waals surface area contributed by atoms with Crippen molar-refractivity contribution < 1.29 is 20.2 Å². The number of aliphatic hydroxyl groups excluding tert-OH is 2. The average molecular weight is 430 g/mol. The van der Waals surface area contributed by atoms with Gasteiger partial charge in [0.25, 0.3) is 0 Å². The molecule has 3 aromatic rings. The fraction of sp³-hybridized carbons (Fsp3) is 0.158. The summed E-state index contributed by atoms with van der Waals surface area (Å²) >= 11 is 3.42. The molecule has 1 aromatic heterocycles. The van der Waals surface area contributed by atoms with Crippen LogP contribution in [0, 0.1) is 0 Å². The Hall–Kier alpha value is -2.68. The van der Waals surface area contributed by atoms with Crippen LogP contribution >= 0.6 is 15.9 Å². The maximum atomic E-state index is 10.5. The maximum Gasteiger partial charge on any atom is 0.199 e. The number of nitrogens with zero attached hydrogens (tertiary/aromatic N) is 2. The summed E-state index contributed by atoms with van der Waals surface area (Å²) in [5, 5.41) is 33.8. The number of hydrogen-bond donors (Lipinski definition) is 4. The number of aromatic amines is 1. The molecule has 1 unspecified atom stereocenters. The molecule has 2 heterocycles. The van der Waals surface area contributed by atoms with E-state index < -0.39 is 12.7 Å². The number of nitrogens with one attached hydrogen (secondary N) is 1. The van der Waals surface area contributed by atoms with Crippen LogP contribution in [0.15, 0.2) is 57.1 Å². The van der Waals surface area contributed by atoms with Gasteiger partial charge in [0.2, 0.25) is 0 Å². The Bertz CT molecular complexity index is 1070. The van der Waals surface area contributed by atoms with E-state index in [2.05, 4.69) is 31.1 Å². The topological polar surface area (TPSA) is 110 Å². The SMILES string of the molecule is OCC(O)CON=C1C(c2c(O)[nH]c3cc(Br)ccc23)=Nc2ccccc21. The number of para-hydroxylation sites is 1. The van der Waals surface area contributed by atoms with Gasteiger partial charge in [-0.05, 0) is 18.2 Å². The minimum atomic E-state index is -1.02. The molecule has 4 N–H and O–H groups in total. The minimum Gasteiger partial charge on any atom is -0.494 e. The fourth-order valence-electron chi connectivity index (χ4n) is 2.97. The standard InChI is InChI=1S/C19H16BrN3O4/c20-10-5-6-12-15(7-10)22-19(26)16(12)18-17(23-27-9-11(25)8-24)13-3-1-2-4-14(13)21-18/h1-7,11,22,24-26H,8-9H2. The molecular formula is C19H16BrN3O4. The van der Waals surface area contributed by atoms with Crippen molar-refractivity contribution >= 4 is 43.9 Å². The summed E-state index contributed by atoms with van der Waals surface area (Å²) < 4.78 is 0.884. The first kappa shape index (κ1) is 17.7. The van der Waals surface area contributed by atoms with Gasteiger partial charge in [0.1, 0.15) is 24.1 Å². The van der Waals surface area contributed by atoms with Crippen molar-refractivity contribution in [2.75, 3.05) is 13.2 Å². The second-order valence-corrected chi connectivity index (χ2v) is 7.00. The predicted molar refractivity (Wildman–Crippen MR) is 106 cm³/mol. The van der Waals surface area contributed by atoms with Crippen molar-refractivity contribution in [1.82, 2.24) is 4.98 Å². The van der Waals surface area contributed by atoms with Crippen LogP contribution in [0.3, 0.4) is 0 Å². The fourth-order valence-corrected chi connectivity index (χ4v) is 3.34. The molecule has 7 nitrogen and oxygen atoms in total. The van der Waals surface area contributed by atoms with Gasteiger partial charge in [-0.25, -0.2) is 4.99 Å². The Morgan fingerprint density at radius 3 is 2.85 bits per heavy atom. The van der Waals surface area contributed by atoms with E-state index in [4.69, 9.17) is 9.94 Å². The number of benzene rings is 2. The Kier molecular flexibility index (Phi) is 4.69. The molecule has 2 aromatic carbocycles. The summed E-state index contributed by atoms with van der Waals surface area (Å²) in [5.41, 5.74) is 3.68. The third kappa shape index (κ3) is 3.23. The Morgan fingerprint density at radius 2 is 2.04 bits per heavy atom. The molecule has 0 saturated carbocycles. The highest BCUT2D eigenvalue weighted by Gasteiger charge is 2.29. The number of H-pyrrole nitrogens is 1. The lowest BCUT2D eigenvalue weighted by molar-refractivity contribution is 0.00858. The zero-order chi connectivity index (χ0) is 19.0. The van der Waals surface area contributed by atoms with Crippen LogP contribution in [0.4, 0.5) is 5.69 Å². The third-order valence-corrected chi connectivity index (χ3v) is 4.72. The smallest absolute Gasteiger partial charge is 0.199 e. The lowest BCUT2D eigenvalue weighted by Gasteiger charge is -2.07. The largest absolute Gasteiger partial charge is 0.494 e. The number of aromatic nitrogens is 1. The van der Waals surface area contributed by atoms with Crippen LogP contribution in [0.1, 0.15) is 11.1 Å². The van der Waals surface area contributed by atoms with Gasteiger partial charge in [-0.1, -0.05) is 45.4 Å². The molecular weight excluding hydrogens is 414 g/mol. The van der Waals surface area contributed by atoms with Crippen LogP contribution in [-0.4, -0.2) is 51.0 Å². The van der Waals surface area contributed by atoms with Gasteiger partial charge in [0, 0.05) is 15.4 Å². The number of fused-ring (bicyclic) bond motifs is 2. The van der Waals surface area contributed by atoms with Gasteiger partial charge in [0.15, 0.2) is 5.88 Å². The third-order valence-electron chi connectivity index (χ3n) is 4.23. The van der Waals surface area contributed by atoms with Gasteiger partial charge in [-0.2, -0.15) is 0 Å². The van der Waals surface area contributed by atoms with E-state index in [9.17, 15) is 10.2 Å². The molecule has 1 atom stereocenters. The maximum absolute atomic E-state index is 10.5. The average Bonchev–Trinajstić information content (AvgIpc) is 3.17. The lowest BCUT2D eigenvalue weighted by atomic mass is 10.0. The molecule has 138 valence electrons. The van der Waals surface area contributed by atoms with E-state index in [0.29, 0.717) is 22.7 Å². The van der Waals surface area contributed by atoms with Crippen LogP contribution in [-0.2, 0) is 4.84 Å². The lowest BCUT2D eigenvalue weighted by Crippen LogP contribution is -2.19. The second kappa shape index (κ2) is 7.15. The number of halogens is 1. The normalized spacial score (nSPS) is 15.8. The second-order valence-electron chi connectivity index (χ2n) is 6.09. The molecule has 0 spiro atoms. The summed E-state index contributed by atoms with van der Waals surface area (Å²) in [6.07, 6.45) is -1.02. The Morgan fingerprint density at radius 1 is 1.22 bits per heavy atom. The van der Waals surface area contributed by atoms with Crippen LogP contribution in [0.25, 0.3) is 10.9 Å². The zero-order valence-corrected chi connectivity index (χ0v) is 15.6. The van der Waals surface area contributed by atoms with E-state index in [0.717, 1.165) is 20.9 Å². The molecule has 0 amide bonds. The summed E-state index contributed by atoms with van der Waals surface area (Å²) in [6, 6.07) is 13.1. The van der Waals surface area contributed by atoms with Crippen molar-refractivity contribution in [3.05, 3.63) is 58.1 Å². The van der Waals surface area contributed by atoms with Crippen molar-refractivity contribution in [2.24, 2.45) is 10.1 Å². The quantitative estimate of drug-likeness (QED) is 0.467. The van der Waals surface area contributed by atoms with E-state index in [1.165, 1.54) is 0 Å². The summed E-state index contributed by atoms with van der Waals surface area (Å²) in [5.74, 6) is -0.0160. The van der Waals surface area contributed by atoms with Crippen molar-refractivity contribution in [1.29, 1.82) is 0 Å². The van der Waals surface area contributed by atoms with Gasteiger partial charge < -0.3 is 25.1 Å². The monoisotopic (exact) mass is 429 g/mol. The van der Waals surface area contributed by atoms with E-state index in [-0.39, 0.29) is 12.5 Å². The van der Waals surface area contributed by atoms with Gasteiger partial charge in [-0.15, -0.1) is 0 Å². The number of aliphatic imine (C=N–C) groups is 1. The summed E-state index contributed by atoms with van der Waals surface area (Å²) in [7, 11) is 0. The molecule has 1 aliphatic heterocycles. The molecule has 0 radical (unpaired) electrons. The highest BCUT2D eigenvalue weighted by atomic mass is 79.9. The van der Waals surface area contributed by atoms with Crippen molar-refractivity contribution in [3.8, 4) is 5.88 Å². The molecule has 0 aliphatic carbocycles. The highest BCUT2D eigenvalue weighted by Crippen LogP contribution is 2.36. The number of oxime groups is 1. The molecule has 8 heteroatoms. The van der Waals surface area contributed by atoms with Crippen molar-refractivity contribution in [3.63, 3.8) is 0 Å². The number of hydrogen-bond acceptors (Lipinski definition) is 6. The van der Waals surface area contributed by atoms with Crippen LogP contribution in [0.2, 0.25) is 0 Å². The molecule has 0 bridgehead atoms. The summed E-state index contributed by atoms with van der Waals surface area (Å²) in [6.45, 7) is -0.567. The first-order valence-corrected chi connectivity index (χ1v) is 9.05. The van der Waals surface area contributed by atoms with Crippen molar-refractivity contribution in [2.45, 2.75) is 6.10 Å². The number of aromatic hydroxyl groups is 1. The van der Waals surface area contributed by atoms with Gasteiger partial charge >= 0.3 is 0 Å². The molecule has 4 rings (SSSR count). The zero-order valence-electron chi connectivity index (χ0n) is 14.1. The van der Waals surface area contributed by atoms with Crippen LogP contribution in [0.5, 0.6) is 5.88 Å². The predicted octanol–water partition coefficient (Wildman–Crippen LogP) is 2.84. The van der Waals surface area contributed by atoms with E-state index in [1.807, 2.05) is 42.5 Å². The van der Waals surface area contributed by atoms with Gasteiger partial charge in [-0.3, -0.25) is 0 Å². The highest BCUT2D eigenvalue weighted by molar-refractivity contribution is 9.10. The van der Waals surface area contributed by atoms with Crippen LogP contribution < -0.4 is 0 Å². The van der Waals surface area contributed by atoms with E-state index >= 15 is 0 Å². The number of rotatable bonds is 5. The molecule has 0 saturated heterocycles. The molecule has 27 heavy (non-hydrogen) atoms. The molecule has 1 aliphatic rings. The van der Waals surface area contributed by atoms with E-state index in [1.54, 1.807) is 0 Å². The molecule has 0 fully saturated rings. The Balaban J connectivity index is 1.81. The first-order valence-electron chi connectivity index (χ1n) is 8.26. The Labute approximate surface area is 162 Å². The van der Waals surface area contributed by atoms with Gasteiger partial charge in [0.05, 0.1) is 23.4 Å².